The summed E-state index contributed by atoms with van der Waals surface area (Å²) in [4.78, 5) is 11.0. The highest BCUT2D eigenvalue weighted by Crippen LogP contribution is 2.26. The molecule has 2 N–H and O–H groups in total. The molecule has 94 valence electrons. The van der Waals surface area contributed by atoms with Crippen LogP contribution in [0, 0.1) is 0 Å². The predicted octanol–water partition coefficient (Wildman–Crippen LogP) is 2.37. The van der Waals surface area contributed by atoms with Gasteiger partial charge in [0.05, 0.1) is 6.10 Å². The summed E-state index contributed by atoms with van der Waals surface area (Å²) in [5.41, 5.74) is 0.606. The average Bonchev–Trinajstić information content (AvgIpc) is 2.28. The fraction of sp³-hybridized carbons (Fsp3) is 0.462. The van der Waals surface area contributed by atoms with Gasteiger partial charge in [-0.05, 0) is 19.4 Å². The number of carboxylic acids is 1. The average molecular weight is 238 g/mol. The quantitative estimate of drug-likeness (QED) is 0.798. The number of hydrogen-bond acceptors (Lipinski definition) is 3. The van der Waals surface area contributed by atoms with Crippen molar-refractivity contribution in [2.24, 2.45) is 0 Å². The van der Waals surface area contributed by atoms with Crippen molar-refractivity contribution >= 4 is 5.97 Å². The number of ether oxygens (including phenoxy) is 1. The van der Waals surface area contributed by atoms with Gasteiger partial charge >= 0.3 is 5.97 Å². The van der Waals surface area contributed by atoms with Crippen LogP contribution in [0.4, 0.5) is 0 Å². The molecule has 0 bridgehead atoms. The van der Waals surface area contributed by atoms with Crippen LogP contribution in [-0.4, -0.2) is 22.3 Å². The summed E-state index contributed by atoms with van der Waals surface area (Å²) in [5.74, 6) is -0.546. The number of carboxylic acid groups (broad SMARTS) is 1. The van der Waals surface area contributed by atoms with E-state index in [2.05, 4.69) is 0 Å². The van der Waals surface area contributed by atoms with Gasteiger partial charge in [0.2, 0.25) is 0 Å². The van der Waals surface area contributed by atoms with Crippen molar-refractivity contribution in [1.29, 1.82) is 0 Å². The molecule has 0 aliphatic carbocycles. The maximum absolute atomic E-state index is 11.0. The highest BCUT2D eigenvalue weighted by atomic mass is 16.5. The molecular formula is C13H18O4. The van der Waals surface area contributed by atoms with Gasteiger partial charge in [-0.2, -0.15) is 0 Å². The van der Waals surface area contributed by atoms with Crippen LogP contribution in [0.25, 0.3) is 0 Å². The first-order valence-corrected chi connectivity index (χ1v) is 5.72. The SMILES string of the molecule is CCCC(Oc1ccccc1C(C)O)C(=O)O. The van der Waals surface area contributed by atoms with Crippen LogP contribution in [0.2, 0.25) is 0 Å². The Labute approximate surface area is 101 Å². The zero-order valence-corrected chi connectivity index (χ0v) is 10.1. The number of rotatable bonds is 6. The van der Waals surface area contributed by atoms with E-state index in [1.807, 2.05) is 6.92 Å². The van der Waals surface area contributed by atoms with Gasteiger partial charge in [-0.3, -0.25) is 0 Å². The topological polar surface area (TPSA) is 66.8 Å². The van der Waals surface area contributed by atoms with Crippen molar-refractivity contribution in [1.82, 2.24) is 0 Å². The lowest BCUT2D eigenvalue weighted by molar-refractivity contribution is -0.145. The molecule has 0 radical (unpaired) electrons. The van der Waals surface area contributed by atoms with Crippen LogP contribution in [0.15, 0.2) is 24.3 Å². The molecule has 4 heteroatoms. The molecule has 1 aromatic carbocycles. The first-order valence-electron chi connectivity index (χ1n) is 5.72. The van der Waals surface area contributed by atoms with E-state index in [4.69, 9.17) is 9.84 Å². The molecular weight excluding hydrogens is 220 g/mol. The van der Waals surface area contributed by atoms with Gasteiger partial charge < -0.3 is 14.9 Å². The summed E-state index contributed by atoms with van der Waals surface area (Å²) in [7, 11) is 0. The Balaban J connectivity index is 2.88. The minimum Gasteiger partial charge on any atom is -0.479 e. The normalized spacial score (nSPS) is 14.1. The van der Waals surface area contributed by atoms with Gasteiger partial charge in [0.1, 0.15) is 5.75 Å². The molecule has 0 saturated carbocycles. The lowest BCUT2D eigenvalue weighted by Crippen LogP contribution is -2.27. The summed E-state index contributed by atoms with van der Waals surface area (Å²) in [6, 6.07) is 6.94. The molecule has 0 saturated heterocycles. The minimum absolute atomic E-state index is 0.434. The smallest absolute Gasteiger partial charge is 0.344 e. The predicted molar refractivity (Wildman–Crippen MR) is 64.0 cm³/mol. The van der Waals surface area contributed by atoms with E-state index in [0.29, 0.717) is 17.7 Å². The third-order valence-corrected chi connectivity index (χ3v) is 2.46. The molecule has 0 spiro atoms. The van der Waals surface area contributed by atoms with Gasteiger partial charge in [0.15, 0.2) is 6.10 Å². The van der Waals surface area contributed by atoms with Crippen LogP contribution in [0.5, 0.6) is 5.75 Å². The lowest BCUT2D eigenvalue weighted by atomic mass is 10.1. The van der Waals surface area contributed by atoms with E-state index in [-0.39, 0.29) is 0 Å². The van der Waals surface area contributed by atoms with E-state index in [1.165, 1.54) is 0 Å². The number of aliphatic carboxylic acids is 1. The Morgan fingerprint density at radius 3 is 2.59 bits per heavy atom. The largest absolute Gasteiger partial charge is 0.479 e. The van der Waals surface area contributed by atoms with Crippen molar-refractivity contribution in [3.63, 3.8) is 0 Å². The Hall–Kier alpha value is -1.55. The highest BCUT2D eigenvalue weighted by Gasteiger charge is 2.20. The van der Waals surface area contributed by atoms with Gasteiger partial charge in [-0.15, -0.1) is 0 Å². The molecule has 17 heavy (non-hydrogen) atoms. The van der Waals surface area contributed by atoms with Gasteiger partial charge in [0.25, 0.3) is 0 Å². The van der Waals surface area contributed by atoms with Crippen LogP contribution < -0.4 is 4.74 Å². The maximum Gasteiger partial charge on any atom is 0.344 e. The molecule has 0 aliphatic heterocycles. The van der Waals surface area contributed by atoms with Crippen LogP contribution >= 0.6 is 0 Å². The standard InChI is InChI=1S/C13H18O4/c1-3-6-12(13(15)16)17-11-8-5-4-7-10(11)9(2)14/h4-5,7-9,12,14H,3,6H2,1-2H3,(H,15,16). The fourth-order valence-electron chi connectivity index (χ4n) is 1.58. The van der Waals surface area contributed by atoms with E-state index < -0.39 is 18.2 Å². The van der Waals surface area contributed by atoms with E-state index in [0.717, 1.165) is 6.42 Å². The van der Waals surface area contributed by atoms with Gasteiger partial charge in [-0.1, -0.05) is 31.5 Å². The molecule has 2 unspecified atom stereocenters. The molecule has 2 atom stereocenters. The third-order valence-electron chi connectivity index (χ3n) is 2.46. The van der Waals surface area contributed by atoms with Crippen molar-refractivity contribution in [2.75, 3.05) is 0 Å². The summed E-state index contributed by atoms with van der Waals surface area (Å²) in [6.07, 6.45) is -0.362. The van der Waals surface area contributed by atoms with Crippen molar-refractivity contribution < 1.29 is 19.7 Å². The second-order valence-electron chi connectivity index (χ2n) is 3.95. The second kappa shape index (κ2) is 6.25. The van der Waals surface area contributed by atoms with Crippen molar-refractivity contribution in [3.05, 3.63) is 29.8 Å². The summed E-state index contributed by atoms with van der Waals surface area (Å²) in [6.45, 7) is 3.53. The summed E-state index contributed by atoms with van der Waals surface area (Å²) >= 11 is 0. The molecule has 0 aromatic heterocycles. The molecule has 0 fully saturated rings. The Morgan fingerprint density at radius 1 is 1.41 bits per heavy atom. The number of aliphatic hydroxyl groups is 1. The lowest BCUT2D eigenvalue weighted by Gasteiger charge is -2.18. The Bertz CT molecular complexity index is 373. The van der Waals surface area contributed by atoms with Crippen molar-refractivity contribution in [3.8, 4) is 5.75 Å². The van der Waals surface area contributed by atoms with Gasteiger partial charge in [0, 0.05) is 5.56 Å². The number of benzene rings is 1. The summed E-state index contributed by atoms with van der Waals surface area (Å²) in [5, 5.41) is 18.6. The van der Waals surface area contributed by atoms with Crippen LogP contribution in [0.3, 0.4) is 0 Å². The Morgan fingerprint density at radius 2 is 2.06 bits per heavy atom. The monoisotopic (exact) mass is 238 g/mol. The van der Waals surface area contributed by atoms with Crippen LogP contribution in [0.1, 0.15) is 38.4 Å². The second-order valence-corrected chi connectivity index (χ2v) is 3.95. The fourth-order valence-corrected chi connectivity index (χ4v) is 1.58. The summed E-state index contributed by atoms with van der Waals surface area (Å²) < 4.78 is 5.45. The number of carbonyl (C=O) groups is 1. The Kier molecular flexibility index (Phi) is 4.97. The molecule has 0 aliphatic rings. The minimum atomic E-state index is -0.979. The number of para-hydroxylation sites is 1. The van der Waals surface area contributed by atoms with E-state index in [1.54, 1.807) is 31.2 Å². The number of hydrogen-bond donors (Lipinski definition) is 2. The van der Waals surface area contributed by atoms with E-state index >= 15 is 0 Å². The van der Waals surface area contributed by atoms with E-state index in [9.17, 15) is 9.90 Å². The first-order chi connectivity index (χ1) is 8.06. The molecule has 4 nitrogen and oxygen atoms in total. The van der Waals surface area contributed by atoms with Gasteiger partial charge in [-0.25, -0.2) is 4.79 Å². The van der Waals surface area contributed by atoms with Crippen molar-refractivity contribution in [2.45, 2.75) is 38.9 Å². The van der Waals surface area contributed by atoms with Crippen LogP contribution in [-0.2, 0) is 4.79 Å². The third kappa shape index (κ3) is 3.75. The molecule has 0 amide bonds. The molecule has 1 rings (SSSR count). The molecule has 0 heterocycles. The first kappa shape index (κ1) is 13.5. The molecule has 1 aromatic rings. The highest BCUT2D eigenvalue weighted by molar-refractivity contribution is 5.72. The zero-order chi connectivity index (χ0) is 12.8. The maximum atomic E-state index is 11.0. The number of aliphatic hydroxyl groups excluding tert-OH is 1. The zero-order valence-electron chi connectivity index (χ0n) is 10.1.